The zero-order valence-corrected chi connectivity index (χ0v) is 8.76. The number of halogens is 2. The summed E-state index contributed by atoms with van der Waals surface area (Å²) in [7, 11) is 0. The third-order valence-corrected chi connectivity index (χ3v) is 1.89. The number of anilines is 1. The van der Waals surface area contributed by atoms with Crippen LogP contribution in [0.2, 0.25) is 0 Å². The average molecular weight is 232 g/mol. The smallest absolute Gasteiger partial charge is 0.411 e. The molecule has 0 spiro atoms. The van der Waals surface area contributed by atoms with Gasteiger partial charge in [0, 0.05) is 5.88 Å². The molecule has 0 unspecified atom stereocenters. The Hall–Kier alpha value is -1.29. The summed E-state index contributed by atoms with van der Waals surface area (Å²) in [6.45, 7) is 0.226. The first-order valence-corrected chi connectivity index (χ1v) is 5.02. The van der Waals surface area contributed by atoms with E-state index in [2.05, 4.69) is 5.32 Å². The van der Waals surface area contributed by atoms with E-state index in [0.29, 0.717) is 12.3 Å². The second kappa shape index (κ2) is 6.24. The highest BCUT2D eigenvalue weighted by Gasteiger charge is 2.05. The van der Waals surface area contributed by atoms with Gasteiger partial charge in [0.25, 0.3) is 0 Å². The van der Waals surface area contributed by atoms with Crippen LogP contribution in [-0.2, 0) is 4.74 Å². The normalized spacial score (nSPS) is 9.73. The minimum absolute atomic E-state index is 0.105. The summed E-state index contributed by atoms with van der Waals surface area (Å²) in [4.78, 5) is 11.1. The fourth-order valence-corrected chi connectivity index (χ4v) is 1.04. The lowest BCUT2D eigenvalue weighted by molar-refractivity contribution is 0.162. The largest absolute Gasteiger partial charge is 0.449 e. The van der Waals surface area contributed by atoms with E-state index >= 15 is 0 Å². The number of para-hydroxylation sites is 1. The highest BCUT2D eigenvalue weighted by Crippen LogP contribution is 2.12. The summed E-state index contributed by atoms with van der Waals surface area (Å²) in [6.07, 6.45) is -0.100. The van der Waals surface area contributed by atoms with Crippen molar-refractivity contribution in [1.29, 1.82) is 0 Å². The highest BCUT2D eigenvalue weighted by atomic mass is 35.5. The van der Waals surface area contributed by atoms with Crippen LogP contribution in [0, 0.1) is 5.82 Å². The molecule has 1 amide bonds. The molecule has 82 valence electrons. The topological polar surface area (TPSA) is 38.3 Å². The number of ether oxygens (including phenoxy) is 1. The molecule has 0 atom stereocenters. The van der Waals surface area contributed by atoms with Crippen molar-refractivity contribution in [3.63, 3.8) is 0 Å². The maximum Gasteiger partial charge on any atom is 0.411 e. The number of carbonyl (C=O) groups is 1. The second-order valence-corrected chi connectivity index (χ2v) is 3.16. The molecule has 0 aromatic heterocycles. The van der Waals surface area contributed by atoms with E-state index in [1.807, 2.05) is 0 Å². The fourth-order valence-electron chi connectivity index (χ4n) is 0.928. The van der Waals surface area contributed by atoms with Gasteiger partial charge in [-0.1, -0.05) is 12.1 Å². The van der Waals surface area contributed by atoms with Crippen LogP contribution in [-0.4, -0.2) is 18.6 Å². The number of carbonyl (C=O) groups excluding carboxylic acids is 1. The van der Waals surface area contributed by atoms with E-state index in [4.69, 9.17) is 16.3 Å². The van der Waals surface area contributed by atoms with Crippen molar-refractivity contribution < 1.29 is 13.9 Å². The number of benzene rings is 1. The van der Waals surface area contributed by atoms with Crippen LogP contribution in [0.3, 0.4) is 0 Å². The predicted octanol–water partition coefficient (Wildman–Crippen LogP) is 3.00. The summed E-state index contributed by atoms with van der Waals surface area (Å²) in [5.41, 5.74) is 0.105. The first-order valence-electron chi connectivity index (χ1n) is 4.48. The van der Waals surface area contributed by atoms with E-state index in [1.165, 1.54) is 12.1 Å². The Morgan fingerprint density at radius 3 is 2.87 bits per heavy atom. The second-order valence-electron chi connectivity index (χ2n) is 2.78. The number of hydrogen-bond donors (Lipinski definition) is 1. The number of nitrogens with one attached hydrogen (secondary N) is 1. The van der Waals surface area contributed by atoms with Crippen LogP contribution < -0.4 is 5.32 Å². The molecule has 0 aliphatic heterocycles. The lowest BCUT2D eigenvalue weighted by Crippen LogP contribution is -2.15. The maximum atomic E-state index is 13.0. The SMILES string of the molecule is O=C(Nc1ccccc1F)OCCCCl. The van der Waals surface area contributed by atoms with Gasteiger partial charge in [-0.2, -0.15) is 0 Å². The van der Waals surface area contributed by atoms with Crippen LogP contribution >= 0.6 is 11.6 Å². The van der Waals surface area contributed by atoms with Gasteiger partial charge in [-0.15, -0.1) is 11.6 Å². The summed E-state index contributed by atoms with van der Waals surface area (Å²) >= 11 is 5.40. The summed E-state index contributed by atoms with van der Waals surface area (Å²) in [5, 5.41) is 2.29. The Bertz CT molecular complexity index is 333. The molecule has 0 heterocycles. The zero-order chi connectivity index (χ0) is 11.1. The molecule has 15 heavy (non-hydrogen) atoms. The molecule has 0 saturated heterocycles. The minimum atomic E-state index is -0.676. The zero-order valence-electron chi connectivity index (χ0n) is 8.00. The molecule has 0 aliphatic rings. The molecule has 5 heteroatoms. The van der Waals surface area contributed by atoms with Crippen molar-refractivity contribution in [2.45, 2.75) is 6.42 Å². The lowest BCUT2D eigenvalue weighted by atomic mass is 10.3. The summed E-state index contributed by atoms with van der Waals surface area (Å²) in [6, 6.07) is 5.88. The van der Waals surface area contributed by atoms with Crippen molar-refractivity contribution in [2.75, 3.05) is 17.8 Å². The van der Waals surface area contributed by atoms with Crippen LogP contribution in [0.25, 0.3) is 0 Å². The highest BCUT2D eigenvalue weighted by molar-refractivity contribution is 6.17. The molecule has 1 rings (SSSR count). The Kier molecular flexibility index (Phi) is 4.90. The first kappa shape index (κ1) is 11.8. The van der Waals surface area contributed by atoms with Crippen molar-refractivity contribution in [3.05, 3.63) is 30.1 Å². The van der Waals surface area contributed by atoms with Gasteiger partial charge in [0.2, 0.25) is 0 Å². The summed E-state index contributed by atoms with van der Waals surface area (Å²) < 4.78 is 17.8. The van der Waals surface area contributed by atoms with Crippen LogP contribution in [0.15, 0.2) is 24.3 Å². The van der Waals surface area contributed by atoms with E-state index in [-0.39, 0.29) is 12.3 Å². The molecule has 3 nitrogen and oxygen atoms in total. The van der Waals surface area contributed by atoms with Gasteiger partial charge in [0.05, 0.1) is 12.3 Å². The third kappa shape index (κ3) is 4.16. The van der Waals surface area contributed by atoms with E-state index < -0.39 is 11.9 Å². The lowest BCUT2D eigenvalue weighted by Gasteiger charge is -2.06. The molecule has 1 aromatic rings. The molecule has 0 aliphatic carbocycles. The third-order valence-electron chi connectivity index (χ3n) is 1.62. The van der Waals surface area contributed by atoms with Crippen LogP contribution in [0.1, 0.15) is 6.42 Å². The number of hydrogen-bond acceptors (Lipinski definition) is 2. The Balaban J connectivity index is 2.41. The number of amides is 1. The van der Waals surface area contributed by atoms with Crippen molar-refractivity contribution in [3.8, 4) is 0 Å². The van der Waals surface area contributed by atoms with Crippen LogP contribution in [0.4, 0.5) is 14.9 Å². The number of rotatable bonds is 4. The van der Waals surface area contributed by atoms with Crippen molar-refractivity contribution in [1.82, 2.24) is 0 Å². The Labute approximate surface area is 92.2 Å². The Morgan fingerprint density at radius 2 is 2.20 bits per heavy atom. The molecule has 0 saturated carbocycles. The Morgan fingerprint density at radius 1 is 1.47 bits per heavy atom. The van der Waals surface area contributed by atoms with Crippen LogP contribution in [0.5, 0.6) is 0 Å². The average Bonchev–Trinajstić information content (AvgIpc) is 2.22. The predicted molar refractivity (Wildman–Crippen MR) is 56.7 cm³/mol. The van der Waals surface area contributed by atoms with Gasteiger partial charge in [0.15, 0.2) is 0 Å². The summed E-state index contributed by atoms with van der Waals surface area (Å²) in [5.74, 6) is -0.0701. The van der Waals surface area contributed by atoms with E-state index in [9.17, 15) is 9.18 Å². The number of alkyl halides is 1. The van der Waals surface area contributed by atoms with Gasteiger partial charge in [-0.3, -0.25) is 5.32 Å². The molecule has 0 radical (unpaired) electrons. The quantitative estimate of drug-likeness (QED) is 0.639. The molecular formula is C10H11ClFNO2. The van der Waals surface area contributed by atoms with Gasteiger partial charge in [-0.05, 0) is 18.6 Å². The molecular weight excluding hydrogens is 221 g/mol. The van der Waals surface area contributed by atoms with Gasteiger partial charge >= 0.3 is 6.09 Å². The molecule has 0 bridgehead atoms. The fraction of sp³-hybridized carbons (Fsp3) is 0.300. The van der Waals surface area contributed by atoms with Crippen molar-refractivity contribution >= 4 is 23.4 Å². The van der Waals surface area contributed by atoms with Gasteiger partial charge in [0.1, 0.15) is 5.82 Å². The van der Waals surface area contributed by atoms with Gasteiger partial charge < -0.3 is 4.74 Å². The van der Waals surface area contributed by atoms with Gasteiger partial charge in [-0.25, -0.2) is 9.18 Å². The molecule has 0 fully saturated rings. The first-order chi connectivity index (χ1) is 7.24. The standard InChI is InChI=1S/C10H11ClFNO2/c11-6-3-7-15-10(14)13-9-5-2-1-4-8(9)12/h1-2,4-5H,3,6-7H2,(H,13,14). The maximum absolute atomic E-state index is 13.0. The molecule has 1 aromatic carbocycles. The van der Waals surface area contributed by atoms with E-state index in [1.54, 1.807) is 12.1 Å². The molecule has 1 N–H and O–H groups in total. The monoisotopic (exact) mass is 231 g/mol. The minimum Gasteiger partial charge on any atom is -0.449 e. The van der Waals surface area contributed by atoms with Crippen molar-refractivity contribution in [2.24, 2.45) is 0 Å². The van der Waals surface area contributed by atoms with E-state index in [0.717, 1.165) is 0 Å².